The van der Waals surface area contributed by atoms with Gasteiger partial charge in [-0.2, -0.15) is 0 Å². The third kappa shape index (κ3) is 4.03. The lowest BCUT2D eigenvalue weighted by Gasteiger charge is -2.09. The van der Waals surface area contributed by atoms with Gasteiger partial charge < -0.3 is 10.6 Å². The van der Waals surface area contributed by atoms with Crippen molar-refractivity contribution < 1.29 is 4.79 Å². The van der Waals surface area contributed by atoms with Crippen LogP contribution in [-0.4, -0.2) is 23.5 Å². The van der Waals surface area contributed by atoms with E-state index in [0.717, 1.165) is 35.7 Å². The highest BCUT2D eigenvalue weighted by Gasteiger charge is 2.21. The fraction of sp³-hybridized carbons (Fsp3) is 0.333. The molecule has 1 atom stereocenters. The monoisotopic (exact) mass is 323 g/mol. The van der Waals surface area contributed by atoms with Gasteiger partial charge in [-0.25, -0.2) is 4.98 Å². The molecule has 2 aromatic rings. The van der Waals surface area contributed by atoms with Crippen LogP contribution in [0.15, 0.2) is 35.7 Å². The summed E-state index contributed by atoms with van der Waals surface area (Å²) in [6.45, 7) is 1.44. The molecule has 1 aromatic carbocycles. The lowest BCUT2D eigenvalue weighted by molar-refractivity contribution is -0.122. The van der Waals surface area contributed by atoms with Crippen molar-refractivity contribution in [2.45, 2.75) is 25.4 Å². The summed E-state index contributed by atoms with van der Waals surface area (Å²) in [5, 5.41) is 9.14. The molecule has 2 N–H and O–H groups in total. The Morgan fingerprint density at radius 3 is 2.90 bits per heavy atom. The third-order valence-corrected chi connectivity index (χ3v) is 4.33. The molecule has 0 aliphatic carbocycles. The minimum absolute atomic E-state index is 0. The van der Waals surface area contributed by atoms with Crippen LogP contribution < -0.4 is 10.6 Å². The number of nitrogens with one attached hydrogen (secondary N) is 2. The Balaban J connectivity index is 0.00000161. The Labute approximate surface area is 134 Å². The van der Waals surface area contributed by atoms with Crippen LogP contribution in [0, 0.1) is 0 Å². The molecule has 0 radical (unpaired) electrons. The van der Waals surface area contributed by atoms with Crippen molar-refractivity contribution >= 4 is 29.7 Å². The highest BCUT2D eigenvalue weighted by atomic mass is 35.5. The maximum absolute atomic E-state index is 11.9. The van der Waals surface area contributed by atoms with Gasteiger partial charge in [0.2, 0.25) is 5.91 Å². The van der Waals surface area contributed by atoms with Crippen LogP contribution in [0.1, 0.15) is 18.5 Å². The molecule has 1 aliphatic heterocycles. The zero-order valence-corrected chi connectivity index (χ0v) is 13.2. The van der Waals surface area contributed by atoms with E-state index >= 15 is 0 Å². The van der Waals surface area contributed by atoms with E-state index in [4.69, 9.17) is 0 Å². The van der Waals surface area contributed by atoms with E-state index in [1.807, 2.05) is 35.7 Å². The molecule has 4 nitrogen and oxygen atoms in total. The van der Waals surface area contributed by atoms with Gasteiger partial charge in [0, 0.05) is 10.9 Å². The van der Waals surface area contributed by atoms with E-state index in [2.05, 4.69) is 15.6 Å². The standard InChI is InChI=1S/C15H17N3OS.ClH/c19-14(13-7-4-8-16-13)17-9-12-10-20-15(18-12)11-5-2-1-3-6-11;/h1-3,5-6,10,13,16H,4,7-9H2,(H,17,19);1H. The molecular weight excluding hydrogens is 306 g/mol. The first-order chi connectivity index (χ1) is 9.83. The molecule has 1 saturated heterocycles. The fourth-order valence-corrected chi connectivity index (χ4v) is 3.14. The predicted octanol–water partition coefficient (Wildman–Crippen LogP) is 2.60. The Kier molecular flexibility index (Phi) is 5.73. The molecule has 0 spiro atoms. The van der Waals surface area contributed by atoms with Crippen LogP contribution in [0.3, 0.4) is 0 Å². The molecule has 1 amide bonds. The van der Waals surface area contributed by atoms with Crippen molar-refractivity contribution in [1.82, 2.24) is 15.6 Å². The minimum atomic E-state index is -0.0257. The van der Waals surface area contributed by atoms with Gasteiger partial charge in [-0.15, -0.1) is 23.7 Å². The first kappa shape index (κ1) is 15.9. The average Bonchev–Trinajstić information content (AvgIpc) is 3.17. The number of thiazole rings is 1. The van der Waals surface area contributed by atoms with Gasteiger partial charge in [-0.05, 0) is 19.4 Å². The van der Waals surface area contributed by atoms with Crippen LogP contribution in [0.2, 0.25) is 0 Å². The Bertz CT molecular complexity index is 582. The number of hydrogen-bond acceptors (Lipinski definition) is 4. The summed E-state index contributed by atoms with van der Waals surface area (Å²) in [5.74, 6) is 0.0803. The van der Waals surface area contributed by atoms with Crippen LogP contribution in [-0.2, 0) is 11.3 Å². The molecule has 0 saturated carbocycles. The zero-order chi connectivity index (χ0) is 13.8. The van der Waals surface area contributed by atoms with E-state index in [1.165, 1.54) is 0 Å². The molecule has 3 rings (SSSR count). The van der Waals surface area contributed by atoms with Gasteiger partial charge in [0.05, 0.1) is 18.3 Å². The van der Waals surface area contributed by atoms with Crippen molar-refractivity contribution in [2.75, 3.05) is 6.54 Å². The number of halogens is 1. The fourth-order valence-electron chi connectivity index (χ4n) is 2.31. The molecule has 112 valence electrons. The highest BCUT2D eigenvalue weighted by molar-refractivity contribution is 7.13. The number of aromatic nitrogens is 1. The maximum atomic E-state index is 11.9. The second-order valence-electron chi connectivity index (χ2n) is 4.88. The summed E-state index contributed by atoms with van der Waals surface area (Å²) in [6, 6.07) is 10.1. The van der Waals surface area contributed by atoms with E-state index in [1.54, 1.807) is 11.3 Å². The molecule has 1 fully saturated rings. The SMILES string of the molecule is Cl.O=C(NCc1csc(-c2ccccc2)n1)C1CCCN1. The summed E-state index contributed by atoms with van der Waals surface area (Å²) in [4.78, 5) is 16.5. The number of rotatable bonds is 4. The lowest BCUT2D eigenvalue weighted by Crippen LogP contribution is -2.40. The molecular formula is C15H18ClN3OS. The number of nitrogens with zero attached hydrogens (tertiary/aromatic N) is 1. The normalized spacial score (nSPS) is 17.2. The lowest BCUT2D eigenvalue weighted by atomic mass is 10.2. The van der Waals surface area contributed by atoms with Gasteiger partial charge in [-0.3, -0.25) is 4.79 Å². The Hall–Kier alpha value is -1.43. The zero-order valence-electron chi connectivity index (χ0n) is 11.5. The summed E-state index contributed by atoms with van der Waals surface area (Å²) in [7, 11) is 0. The minimum Gasteiger partial charge on any atom is -0.349 e. The van der Waals surface area contributed by atoms with Crippen LogP contribution >= 0.6 is 23.7 Å². The second kappa shape index (κ2) is 7.54. The second-order valence-corrected chi connectivity index (χ2v) is 5.73. The van der Waals surface area contributed by atoms with Gasteiger partial charge in [0.25, 0.3) is 0 Å². The summed E-state index contributed by atoms with van der Waals surface area (Å²) in [5.41, 5.74) is 2.03. The average molecular weight is 324 g/mol. The number of benzene rings is 1. The smallest absolute Gasteiger partial charge is 0.237 e. The van der Waals surface area contributed by atoms with Gasteiger partial charge >= 0.3 is 0 Å². The van der Waals surface area contributed by atoms with Crippen molar-refractivity contribution in [3.05, 3.63) is 41.4 Å². The van der Waals surface area contributed by atoms with E-state index in [9.17, 15) is 4.79 Å². The van der Waals surface area contributed by atoms with Crippen LogP contribution in [0.4, 0.5) is 0 Å². The quantitative estimate of drug-likeness (QED) is 0.909. The maximum Gasteiger partial charge on any atom is 0.237 e. The summed E-state index contributed by atoms with van der Waals surface area (Å²) in [6.07, 6.45) is 2.01. The predicted molar refractivity (Wildman–Crippen MR) is 87.7 cm³/mol. The molecule has 2 heterocycles. The van der Waals surface area contributed by atoms with Crippen LogP contribution in [0.5, 0.6) is 0 Å². The van der Waals surface area contributed by atoms with Crippen molar-refractivity contribution in [3.63, 3.8) is 0 Å². The van der Waals surface area contributed by atoms with E-state index < -0.39 is 0 Å². The van der Waals surface area contributed by atoms with E-state index in [-0.39, 0.29) is 24.4 Å². The number of carbonyl (C=O) groups is 1. The third-order valence-electron chi connectivity index (χ3n) is 3.39. The highest BCUT2D eigenvalue weighted by Crippen LogP contribution is 2.23. The largest absolute Gasteiger partial charge is 0.349 e. The molecule has 6 heteroatoms. The van der Waals surface area contributed by atoms with Crippen molar-refractivity contribution in [3.8, 4) is 10.6 Å². The molecule has 1 aromatic heterocycles. The summed E-state index contributed by atoms with van der Waals surface area (Å²) >= 11 is 1.61. The number of hydrogen-bond donors (Lipinski definition) is 2. The topological polar surface area (TPSA) is 54.0 Å². The van der Waals surface area contributed by atoms with Crippen LogP contribution in [0.25, 0.3) is 10.6 Å². The van der Waals surface area contributed by atoms with Crippen molar-refractivity contribution in [2.24, 2.45) is 0 Å². The Morgan fingerprint density at radius 1 is 1.38 bits per heavy atom. The molecule has 21 heavy (non-hydrogen) atoms. The van der Waals surface area contributed by atoms with E-state index in [0.29, 0.717) is 6.54 Å². The molecule has 1 unspecified atom stereocenters. The van der Waals surface area contributed by atoms with Gasteiger partial charge in [0.15, 0.2) is 0 Å². The van der Waals surface area contributed by atoms with Gasteiger partial charge in [-0.1, -0.05) is 30.3 Å². The first-order valence-corrected chi connectivity index (χ1v) is 7.72. The number of carbonyl (C=O) groups excluding carboxylic acids is 1. The Morgan fingerprint density at radius 2 is 2.19 bits per heavy atom. The first-order valence-electron chi connectivity index (χ1n) is 6.84. The molecule has 1 aliphatic rings. The van der Waals surface area contributed by atoms with Gasteiger partial charge in [0.1, 0.15) is 5.01 Å². The van der Waals surface area contributed by atoms with Crippen molar-refractivity contribution in [1.29, 1.82) is 0 Å². The number of amides is 1. The summed E-state index contributed by atoms with van der Waals surface area (Å²) < 4.78 is 0. The molecule has 0 bridgehead atoms.